The molecule has 14 nitrogen and oxygen atoms in total. The molecule has 1 fully saturated rings. The average Bonchev–Trinajstić information content (AvgIpc) is 3.81. The molecule has 3 heterocycles. The third-order valence-electron chi connectivity index (χ3n) is 11.4. The number of nitrogens with zero attached hydrogens (tertiary/aromatic N) is 4. The van der Waals surface area contributed by atoms with E-state index in [1.54, 1.807) is 105 Å². The zero-order valence-corrected chi connectivity index (χ0v) is 35.8. The van der Waals surface area contributed by atoms with E-state index >= 15 is 0 Å². The molecule has 9 rings (SSSR count). The van der Waals surface area contributed by atoms with E-state index < -0.39 is 47.8 Å². The number of aliphatic hydroxyl groups excluding tert-OH is 1. The molecule has 8 aromatic rings. The standard InChI is InChI=1S/C52H43N5O9/c1-62-39-27-23-37(24-28-39)52(36-21-13-6-14-22-36,38-25-29-40(63-2)30-26-38)66-41-31-64-50(45(44(41)59)65-51(61)35-19-11-5-12-20-35)57-32-53-42-46(56-49(60)34-17-9-4-10-18-34)54-47(55-48(42)57)43(58)33-15-7-3-8-16-33/h3-30,32,41,44-45,50,59H,31H2,1-2H3,(H,54,55,56,60)/t41-,44-,45-,50-/m1/s1. The van der Waals surface area contributed by atoms with Gasteiger partial charge in [0.05, 0.1) is 32.7 Å². The number of carbonyl (C=O) groups excluding carboxylic acids is 3. The van der Waals surface area contributed by atoms with E-state index in [0.717, 1.165) is 5.56 Å². The van der Waals surface area contributed by atoms with Gasteiger partial charge in [0.25, 0.3) is 5.91 Å². The van der Waals surface area contributed by atoms with E-state index in [0.29, 0.717) is 33.8 Å². The van der Waals surface area contributed by atoms with E-state index in [-0.39, 0.29) is 35.0 Å². The Morgan fingerprint density at radius 2 is 1.18 bits per heavy atom. The lowest BCUT2D eigenvalue weighted by Gasteiger charge is -2.45. The number of ketones is 1. The number of hydrogen-bond acceptors (Lipinski definition) is 12. The number of fused-ring (bicyclic) bond motifs is 1. The van der Waals surface area contributed by atoms with E-state index in [1.165, 1.54) is 10.9 Å². The number of nitrogens with one attached hydrogen (secondary N) is 1. The van der Waals surface area contributed by atoms with Crippen LogP contribution in [0.1, 0.15) is 59.8 Å². The maximum atomic E-state index is 14.0. The molecule has 0 aliphatic carbocycles. The number of imidazole rings is 1. The van der Waals surface area contributed by atoms with Crippen molar-refractivity contribution >= 4 is 34.6 Å². The number of aromatic nitrogens is 4. The van der Waals surface area contributed by atoms with Crippen LogP contribution < -0.4 is 14.8 Å². The van der Waals surface area contributed by atoms with Crippen molar-refractivity contribution in [3.8, 4) is 11.5 Å². The second-order valence-electron chi connectivity index (χ2n) is 15.3. The Kier molecular flexibility index (Phi) is 12.4. The van der Waals surface area contributed by atoms with Crippen LogP contribution in [0.5, 0.6) is 11.5 Å². The average molecular weight is 882 g/mol. The van der Waals surface area contributed by atoms with Crippen LogP contribution in [0.3, 0.4) is 0 Å². The zero-order valence-electron chi connectivity index (χ0n) is 35.8. The Hall–Kier alpha value is -8.04. The topological polar surface area (TPSA) is 173 Å². The Balaban J connectivity index is 1.16. The van der Waals surface area contributed by atoms with Crippen molar-refractivity contribution in [3.05, 3.63) is 215 Å². The van der Waals surface area contributed by atoms with Crippen molar-refractivity contribution in [2.45, 2.75) is 30.1 Å². The molecular weight excluding hydrogens is 839 g/mol. The molecule has 0 bridgehead atoms. The van der Waals surface area contributed by atoms with Crippen LogP contribution in [0.2, 0.25) is 0 Å². The minimum atomic E-state index is -1.56. The van der Waals surface area contributed by atoms with Crippen molar-refractivity contribution < 1.29 is 43.2 Å². The first-order chi connectivity index (χ1) is 32.3. The molecule has 2 N–H and O–H groups in total. The van der Waals surface area contributed by atoms with Crippen LogP contribution in [0, 0.1) is 0 Å². The van der Waals surface area contributed by atoms with E-state index in [9.17, 15) is 19.5 Å². The highest BCUT2D eigenvalue weighted by atomic mass is 16.6. The van der Waals surface area contributed by atoms with Gasteiger partial charge in [0.2, 0.25) is 11.6 Å². The van der Waals surface area contributed by atoms with Gasteiger partial charge < -0.3 is 34.1 Å². The summed E-state index contributed by atoms with van der Waals surface area (Å²) < 4.78 is 32.7. The molecule has 330 valence electrons. The molecule has 0 radical (unpaired) electrons. The lowest BCUT2D eigenvalue weighted by atomic mass is 9.79. The van der Waals surface area contributed by atoms with Gasteiger partial charge in [0.15, 0.2) is 29.3 Å². The van der Waals surface area contributed by atoms with Gasteiger partial charge in [-0.1, -0.05) is 121 Å². The Bertz CT molecular complexity index is 2910. The number of esters is 1. The summed E-state index contributed by atoms with van der Waals surface area (Å²) in [4.78, 5) is 55.4. The largest absolute Gasteiger partial charge is 0.497 e. The summed E-state index contributed by atoms with van der Waals surface area (Å²) >= 11 is 0. The number of rotatable bonds is 14. The first-order valence-electron chi connectivity index (χ1n) is 21.1. The molecule has 14 heteroatoms. The fourth-order valence-corrected chi connectivity index (χ4v) is 8.04. The number of carbonyl (C=O) groups is 3. The molecule has 0 spiro atoms. The Morgan fingerprint density at radius 1 is 0.667 bits per heavy atom. The Labute approximate surface area is 379 Å². The van der Waals surface area contributed by atoms with Crippen molar-refractivity contribution in [1.82, 2.24) is 19.5 Å². The van der Waals surface area contributed by atoms with Crippen LogP contribution in [0.15, 0.2) is 176 Å². The maximum absolute atomic E-state index is 14.0. The molecule has 2 aromatic heterocycles. The van der Waals surface area contributed by atoms with Crippen LogP contribution in [-0.2, 0) is 19.8 Å². The van der Waals surface area contributed by atoms with Crippen molar-refractivity contribution in [3.63, 3.8) is 0 Å². The third-order valence-corrected chi connectivity index (χ3v) is 11.4. The fourth-order valence-electron chi connectivity index (χ4n) is 8.04. The number of anilines is 1. The summed E-state index contributed by atoms with van der Waals surface area (Å²) in [7, 11) is 3.17. The summed E-state index contributed by atoms with van der Waals surface area (Å²) in [6.07, 6.45) is -4.10. The highest BCUT2D eigenvalue weighted by Crippen LogP contribution is 2.45. The van der Waals surface area contributed by atoms with Crippen molar-refractivity contribution in [2.75, 3.05) is 26.1 Å². The van der Waals surface area contributed by atoms with E-state index in [4.69, 9.17) is 23.7 Å². The summed E-state index contributed by atoms with van der Waals surface area (Å²) in [5.74, 6) is -0.823. The van der Waals surface area contributed by atoms with Gasteiger partial charge in [-0.15, -0.1) is 0 Å². The molecule has 1 saturated heterocycles. The van der Waals surface area contributed by atoms with Gasteiger partial charge in [0.1, 0.15) is 29.3 Å². The monoisotopic (exact) mass is 881 g/mol. The number of amides is 1. The molecule has 0 saturated carbocycles. The molecule has 1 aliphatic heterocycles. The van der Waals surface area contributed by atoms with E-state index in [1.807, 2.05) is 78.9 Å². The smallest absolute Gasteiger partial charge is 0.338 e. The van der Waals surface area contributed by atoms with Gasteiger partial charge in [-0.25, -0.2) is 19.7 Å². The summed E-state index contributed by atoms with van der Waals surface area (Å²) in [5, 5.41) is 15.5. The molecule has 4 atom stereocenters. The van der Waals surface area contributed by atoms with Gasteiger partial charge in [-0.05, 0) is 65.2 Å². The highest BCUT2D eigenvalue weighted by Gasteiger charge is 2.49. The zero-order chi connectivity index (χ0) is 45.6. The van der Waals surface area contributed by atoms with Crippen LogP contribution >= 0.6 is 0 Å². The minimum absolute atomic E-state index is 0.0473. The van der Waals surface area contributed by atoms with Crippen LogP contribution in [0.25, 0.3) is 11.2 Å². The molecule has 66 heavy (non-hydrogen) atoms. The van der Waals surface area contributed by atoms with Crippen LogP contribution in [0.4, 0.5) is 5.82 Å². The molecule has 6 aromatic carbocycles. The van der Waals surface area contributed by atoms with Crippen molar-refractivity contribution in [1.29, 1.82) is 0 Å². The molecule has 0 unspecified atom stereocenters. The fraction of sp³-hybridized carbons (Fsp3) is 0.154. The first-order valence-corrected chi connectivity index (χ1v) is 21.1. The SMILES string of the molecule is COc1ccc(C(O[C@@H]2CO[C@@H](n3cnc4c(NC(=O)c5ccccc5)nc(C(=O)c5ccccc5)nc43)[C@H](OC(=O)c3ccccc3)[C@@H]2O)(c2ccccc2)c2ccc(OC)cc2)cc1. The normalized spacial score (nSPS) is 17.1. The van der Waals surface area contributed by atoms with Crippen LogP contribution in [-0.4, -0.2) is 81.4 Å². The lowest BCUT2D eigenvalue weighted by molar-refractivity contribution is -0.239. The first kappa shape index (κ1) is 43.2. The van der Waals surface area contributed by atoms with E-state index in [2.05, 4.69) is 20.3 Å². The molecule has 1 amide bonds. The van der Waals surface area contributed by atoms with Gasteiger partial charge in [-0.3, -0.25) is 14.2 Å². The second-order valence-corrected chi connectivity index (χ2v) is 15.3. The third kappa shape index (κ3) is 8.51. The number of ether oxygens (including phenoxy) is 5. The number of benzene rings is 6. The van der Waals surface area contributed by atoms with Gasteiger partial charge in [0, 0.05) is 11.1 Å². The predicted molar refractivity (Wildman–Crippen MR) is 243 cm³/mol. The number of hydrogen-bond donors (Lipinski definition) is 2. The quantitative estimate of drug-likeness (QED) is 0.0617. The van der Waals surface area contributed by atoms with Gasteiger partial charge in [-0.2, -0.15) is 0 Å². The molecular formula is C52H43N5O9. The number of aliphatic hydroxyl groups is 1. The maximum Gasteiger partial charge on any atom is 0.338 e. The number of methoxy groups -OCH3 is 2. The van der Waals surface area contributed by atoms with Gasteiger partial charge >= 0.3 is 5.97 Å². The summed E-state index contributed by atoms with van der Waals surface area (Å²) in [6.45, 7) is -0.232. The Morgan fingerprint density at radius 3 is 1.74 bits per heavy atom. The molecule has 1 aliphatic rings. The van der Waals surface area contributed by atoms with Crippen molar-refractivity contribution in [2.24, 2.45) is 0 Å². The lowest BCUT2D eigenvalue weighted by Crippen LogP contribution is -2.55. The second kappa shape index (κ2) is 19.0. The summed E-state index contributed by atoms with van der Waals surface area (Å²) in [6, 6.07) is 49.7. The minimum Gasteiger partial charge on any atom is -0.497 e. The summed E-state index contributed by atoms with van der Waals surface area (Å²) in [5.41, 5.74) is 1.77. The highest BCUT2D eigenvalue weighted by molar-refractivity contribution is 6.10. The predicted octanol–water partition coefficient (Wildman–Crippen LogP) is 7.82.